The maximum atomic E-state index is 10.9. The third kappa shape index (κ3) is 2.46. The highest BCUT2D eigenvalue weighted by molar-refractivity contribution is 6.08. The maximum Gasteiger partial charge on any atom is 0.320 e. The molecule has 22 heavy (non-hydrogen) atoms. The number of aliphatic carboxylic acids is 1. The first-order chi connectivity index (χ1) is 10.6. The molecule has 4 nitrogen and oxygen atoms in total. The monoisotopic (exact) mass is 296 g/mol. The molecule has 0 aliphatic heterocycles. The summed E-state index contributed by atoms with van der Waals surface area (Å²) in [5.74, 6) is -0.830. The van der Waals surface area contributed by atoms with E-state index in [1.54, 1.807) is 6.92 Å². The molecule has 0 bridgehead atoms. The van der Waals surface area contributed by atoms with Crippen molar-refractivity contribution in [3.05, 3.63) is 48.0 Å². The second-order valence-corrected chi connectivity index (χ2v) is 5.55. The smallest absolute Gasteiger partial charge is 0.320 e. The number of carbonyl (C=O) groups is 1. The average Bonchev–Trinajstić information content (AvgIpc) is 2.85. The first-order valence-corrected chi connectivity index (χ1v) is 7.58. The van der Waals surface area contributed by atoms with Crippen LogP contribution in [0.1, 0.15) is 19.4 Å². The molecule has 4 heteroatoms. The quantitative estimate of drug-likeness (QED) is 0.759. The summed E-state index contributed by atoms with van der Waals surface area (Å²) >= 11 is 0. The Balaban J connectivity index is 2.02. The fraction of sp³-hybridized carbons (Fsp3) is 0.278. The van der Waals surface area contributed by atoms with Gasteiger partial charge in [0, 0.05) is 34.9 Å². The largest absolute Gasteiger partial charge is 0.480 e. The van der Waals surface area contributed by atoms with Gasteiger partial charge in [0.25, 0.3) is 0 Å². The molecule has 3 aromatic rings. The van der Waals surface area contributed by atoms with Gasteiger partial charge in [-0.3, -0.25) is 4.79 Å². The molecular weight excluding hydrogens is 276 g/mol. The predicted molar refractivity (Wildman–Crippen MR) is 89.1 cm³/mol. The summed E-state index contributed by atoms with van der Waals surface area (Å²) in [6.07, 6.45) is 0. The third-order valence-corrected chi connectivity index (χ3v) is 4.14. The Kier molecular flexibility index (Phi) is 3.86. The number of nitrogens with zero attached hydrogens (tertiary/aromatic N) is 1. The molecule has 3 rings (SSSR count). The van der Waals surface area contributed by atoms with Crippen LogP contribution in [0.25, 0.3) is 21.8 Å². The Bertz CT molecular complexity index is 836. The van der Waals surface area contributed by atoms with E-state index in [0.29, 0.717) is 6.54 Å². The standard InChI is InChI=1S/C18H20N2O2/c1-3-20-16-7-5-4-6-14(16)15-10-13(8-9-17(15)20)11-19-12(2)18(21)22/h4-10,12,19H,3,11H2,1-2H3,(H,21,22)/t12-/m0/s1. The topological polar surface area (TPSA) is 54.3 Å². The molecule has 0 aliphatic rings. The molecule has 0 radical (unpaired) electrons. The van der Waals surface area contributed by atoms with E-state index < -0.39 is 12.0 Å². The number of carboxylic acid groups (broad SMARTS) is 1. The highest BCUT2D eigenvalue weighted by atomic mass is 16.4. The van der Waals surface area contributed by atoms with E-state index in [2.05, 4.69) is 59.3 Å². The van der Waals surface area contributed by atoms with Crippen molar-refractivity contribution in [1.82, 2.24) is 9.88 Å². The molecule has 2 aromatic carbocycles. The van der Waals surface area contributed by atoms with Crippen molar-refractivity contribution in [3.8, 4) is 0 Å². The first-order valence-electron chi connectivity index (χ1n) is 7.58. The van der Waals surface area contributed by atoms with Crippen LogP contribution in [-0.2, 0) is 17.9 Å². The lowest BCUT2D eigenvalue weighted by atomic mass is 10.1. The van der Waals surface area contributed by atoms with Gasteiger partial charge in [0.15, 0.2) is 0 Å². The lowest BCUT2D eigenvalue weighted by molar-refractivity contribution is -0.139. The van der Waals surface area contributed by atoms with Crippen LogP contribution >= 0.6 is 0 Å². The van der Waals surface area contributed by atoms with E-state index in [1.165, 1.54) is 21.8 Å². The van der Waals surface area contributed by atoms with E-state index in [0.717, 1.165) is 12.1 Å². The van der Waals surface area contributed by atoms with Crippen molar-refractivity contribution in [2.75, 3.05) is 0 Å². The predicted octanol–water partition coefficient (Wildman–Crippen LogP) is 3.38. The van der Waals surface area contributed by atoms with Gasteiger partial charge >= 0.3 is 5.97 Å². The van der Waals surface area contributed by atoms with Gasteiger partial charge in [0.05, 0.1) is 0 Å². The number of para-hydroxylation sites is 1. The van der Waals surface area contributed by atoms with E-state index in [4.69, 9.17) is 5.11 Å². The Morgan fingerprint density at radius 2 is 1.91 bits per heavy atom. The van der Waals surface area contributed by atoms with Crippen molar-refractivity contribution < 1.29 is 9.90 Å². The lowest BCUT2D eigenvalue weighted by Gasteiger charge is -2.09. The summed E-state index contributed by atoms with van der Waals surface area (Å²) in [6, 6.07) is 14.2. The maximum absolute atomic E-state index is 10.9. The normalized spacial score (nSPS) is 12.8. The second kappa shape index (κ2) is 5.81. The van der Waals surface area contributed by atoms with Gasteiger partial charge in [-0.25, -0.2) is 0 Å². The van der Waals surface area contributed by atoms with Crippen LogP contribution in [0.3, 0.4) is 0 Å². The minimum Gasteiger partial charge on any atom is -0.480 e. The summed E-state index contributed by atoms with van der Waals surface area (Å²) in [5, 5.41) is 14.4. The molecule has 0 saturated heterocycles. The van der Waals surface area contributed by atoms with Crippen molar-refractivity contribution >= 4 is 27.8 Å². The molecular formula is C18H20N2O2. The molecule has 0 aliphatic carbocycles. The highest BCUT2D eigenvalue weighted by Crippen LogP contribution is 2.29. The minimum atomic E-state index is -0.830. The van der Waals surface area contributed by atoms with E-state index >= 15 is 0 Å². The van der Waals surface area contributed by atoms with Crippen LogP contribution in [0.15, 0.2) is 42.5 Å². The molecule has 0 spiro atoms. The number of rotatable bonds is 5. The Morgan fingerprint density at radius 1 is 1.18 bits per heavy atom. The molecule has 114 valence electrons. The Morgan fingerprint density at radius 3 is 2.64 bits per heavy atom. The van der Waals surface area contributed by atoms with Gasteiger partial charge in [0.2, 0.25) is 0 Å². The number of carboxylic acids is 1. The van der Waals surface area contributed by atoms with Crippen molar-refractivity contribution in [2.45, 2.75) is 33.0 Å². The first kappa shape index (κ1) is 14.6. The van der Waals surface area contributed by atoms with Gasteiger partial charge in [-0.15, -0.1) is 0 Å². The number of hydrogen-bond donors (Lipinski definition) is 2. The molecule has 0 unspecified atom stereocenters. The Hall–Kier alpha value is -2.33. The van der Waals surface area contributed by atoms with E-state index in [9.17, 15) is 4.79 Å². The summed E-state index contributed by atoms with van der Waals surface area (Å²) in [5.41, 5.74) is 3.56. The van der Waals surface area contributed by atoms with Crippen molar-refractivity contribution in [1.29, 1.82) is 0 Å². The SMILES string of the molecule is CCn1c2ccccc2c2cc(CN[C@@H](C)C(=O)O)ccc21. The third-order valence-electron chi connectivity index (χ3n) is 4.14. The van der Waals surface area contributed by atoms with Crippen LogP contribution in [0.4, 0.5) is 0 Å². The molecule has 1 aromatic heterocycles. The van der Waals surface area contributed by atoms with Gasteiger partial charge in [-0.1, -0.05) is 24.3 Å². The molecule has 1 heterocycles. The van der Waals surface area contributed by atoms with Gasteiger partial charge in [-0.2, -0.15) is 0 Å². The van der Waals surface area contributed by atoms with E-state index in [1.807, 2.05) is 0 Å². The van der Waals surface area contributed by atoms with Gasteiger partial charge in [0.1, 0.15) is 6.04 Å². The number of benzene rings is 2. The highest BCUT2D eigenvalue weighted by Gasteiger charge is 2.12. The number of nitrogens with one attached hydrogen (secondary N) is 1. The molecule has 0 saturated carbocycles. The molecule has 0 fully saturated rings. The number of aromatic nitrogens is 1. The van der Waals surface area contributed by atoms with Crippen molar-refractivity contribution in [3.63, 3.8) is 0 Å². The number of hydrogen-bond acceptors (Lipinski definition) is 2. The van der Waals surface area contributed by atoms with Crippen LogP contribution in [0.5, 0.6) is 0 Å². The average molecular weight is 296 g/mol. The number of fused-ring (bicyclic) bond motifs is 3. The summed E-state index contributed by atoms with van der Waals surface area (Å²) in [4.78, 5) is 10.9. The van der Waals surface area contributed by atoms with Crippen LogP contribution < -0.4 is 5.32 Å². The van der Waals surface area contributed by atoms with Crippen LogP contribution in [0, 0.1) is 0 Å². The fourth-order valence-electron chi connectivity index (χ4n) is 2.91. The summed E-state index contributed by atoms with van der Waals surface area (Å²) < 4.78 is 2.31. The minimum absolute atomic E-state index is 0.548. The lowest BCUT2D eigenvalue weighted by Crippen LogP contribution is -2.33. The second-order valence-electron chi connectivity index (χ2n) is 5.55. The van der Waals surface area contributed by atoms with Crippen LogP contribution in [-0.4, -0.2) is 21.7 Å². The Labute approximate surface area is 129 Å². The zero-order chi connectivity index (χ0) is 15.7. The molecule has 1 atom stereocenters. The van der Waals surface area contributed by atoms with Gasteiger partial charge in [-0.05, 0) is 37.6 Å². The summed E-state index contributed by atoms with van der Waals surface area (Å²) in [6.45, 7) is 5.28. The van der Waals surface area contributed by atoms with Gasteiger partial charge < -0.3 is 15.0 Å². The van der Waals surface area contributed by atoms with Crippen molar-refractivity contribution in [2.24, 2.45) is 0 Å². The fourth-order valence-corrected chi connectivity index (χ4v) is 2.91. The number of aryl methyl sites for hydroxylation is 1. The zero-order valence-corrected chi connectivity index (χ0v) is 12.8. The van der Waals surface area contributed by atoms with E-state index in [-0.39, 0.29) is 0 Å². The zero-order valence-electron chi connectivity index (χ0n) is 12.8. The van der Waals surface area contributed by atoms with Crippen LogP contribution in [0.2, 0.25) is 0 Å². The molecule has 2 N–H and O–H groups in total. The summed E-state index contributed by atoms with van der Waals surface area (Å²) in [7, 11) is 0. The molecule has 0 amide bonds.